The lowest BCUT2D eigenvalue weighted by atomic mass is 9.96. The third-order valence-electron chi connectivity index (χ3n) is 4.90. The van der Waals surface area contributed by atoms with Crippen LogP contribution < -0.4 is 20.9 Å². The molecule has 6 nitrogen and oxygen atoms in total. The molecule has 0 saturated heterocycles. The average molecular weight is 369 g/mol. The second-order valence-electron chi connectivity index (χ2n) is 7.15. The number of aryl methyl sites for hydroxylation is 1. The van der Waals surface area contributed by atoms with Crippen molar-refractivity contribution in [2.75, 3.05) is 12.4 Å². The molecule has 0 aliphatic heterocycles. The number of carbonyl (C=O) groups is 1. The number of benzene rings is 1. The maximum Gasteiger partial charge on any atom is 0.319 e. The third kappa shape index (κ3) is 5.12. The highest BCUT2D eigenvalue weighted by Crippen LogP contribution is 2.17. The highest BCUT2D eigenvalue weighted by Gasteiger charge is 2.16. The summed E-state index contributed by atoms with van der Waals surface area (Å²) in [6.45, 7) is 2.32. The van der Waals surface area contributed by atoms with Gasteiger partial charge in [-0.2, -0.15) is 0 Å². The van der Waals surface area contributed by atoms with Crippen LogP contribution in [0.5, 0.6) is 5.75 Å². The van der Waals surface area contributed by atoms with E-state index in [9.17, 15) is 9.59 Å². The number of urea groups is 1. The summed E-state index contributed by atoms with van der Waals surface area (Å²) in [6, 6.07) is 9.21. The molecule has 0 unspecified atom stereocenters. The zero-order chi connectivity index (χ0) is 19.2. The molecule has 2 aromatic rings. The van der Waals surface area contributed by atoms with E-state index in [-0.39, 0.29) is 17.6 Å². The average Bonchev–Trinajstić information content (AvgIpc) is 2.66. The van der Waals surface area contributed by atoms with Crippen molar-refractivity contribution in [3.8, 4) is 5.75 Å². The third-order valence-corrected chi connectivity index (χ3v) is 4.90. The summed E-state index contributed by atoms with van der Waals surface area (Å²) in [5.41, 5.74) is 1.94. The Morgan fingerprint density at radius 2 is 2.00 bits per heavy atom. The molecule has 1 saturated carbocycles. The molecule has 1 aromatic heterocycles. The van der Waals surface area contributed by atoms with Crippen molar-refractivity contribution in [2.45, 2.75) is 51.6 Å². The Labute approximate surface area is 159 Å². The number of nitrogens with zero attached hydrogens (tertiary/aromatic N) is 1. The number of aromatic nitrogens is 1. The van der Waals surface area contributed by atoms with Crippen molar-refractivity contribution in [3.05, 3.63) is 58.0 Å². The van der Waals surface area contributed by atoms with E-state index in [0.29, 0.717) is 12.2 Å². The van der Waals surface area contributed by atoms with Crippen molar-refractivity contribution in [2.24, 2.45) is 0 Å². The molecular formula is C21H27N3O3. The molecule has 2 N–H and O–H groups in total. The van der Waals surface area contributed by atoms with Gasteiger partial charge in [-0.3, -0.25) is 4.79 Å². The Balaban J connectivity index is 1.74. The minimum Gasteiger partial charge on any atom is -0.497 e. The Morgan fingerprint density at radius 3 is 2.74 bits per heavy atom. The predicted octanol–water partition coefficient (Wildman–Crippen LogP) is 3.67. The van der Waals surface area contributed by atoms with Crippen molar-refractivity contribution >= 4 is 11.7 Å². The summed E-state index contributed by atoms with van der Waals surface area (Å²) in [5.74, 6) is 0.749. The van der Waals surface area contributed by atoms with Crippen LogP contribution in [0.25, 0.3) is 0 Å². The van der Waals surface area contributed by atoms with E-state index in [1.165, 1.54) is 6.42 Å². The van der Waals surface area contributed by atoms with Gasteiger partial charge in [0, 0.05) is 12.2 Å². The molecule has 6 heteroatoms. The minimum absolute atomic E-state index is 0.197. The molecule has 0 radical (unpaired) electrons. The lowest BCUT2D eigenvalue weighted by Gasteiger charge is -2.23. The number of rotatable bonds is 5. The number of hydrogen-bond acceptors (Lipinski definition) is 3. The highest BCUT2D eigenvalue weighted by atomic mass is 16.5. The molecule has 1 aliphatic rings. The van der Waals surface area contributed by atoms with Gasteiger partial charge in [0.25, 0.3) is 5.56 Å². The fraction of sp³-hybridized carbons (Fsp3) is 0.429. The quantitative estimate of drug-likeness (QED) is 0.845. The van der Waals surface area contributed by atoms with E-state index >= 15 is 0 Å². The predicted molar refractivity (Wildman–Crippen MR) is 107 cm³/mol. The van der Waals surface area contributed by atoms with Gasteiger partial charge in [0.15, 0.2) is 0 Å². The topological polar surface area (TPSA) is 72.4 Å². The molecule has 0 spiro atoms. The molecule has 1 heterocycles. The number of anilines is 1. The fourth-order valence-electron chi connectivity index (χ4n) is 3.55. The number of pyridine rings is 1. The van der Waals surface area contributed by atoms with Crippen LogP contribution in [-0.4, -0.2) is 23.7 Å². The number of methoxy groups -OCH3 is 1. The fourth-order valence-corrected chi connectivity index (χ4v) is 3.55. The molecule has 1 aliphatic carbocycles. The first-order chi connectivity index (χ1) is 13.0. The molecule has 3 rings (SSSR count). The molecule has 0 bridgehead atoms. The SMILES string of the molecule is COc1cccc(Cn2cc(C)cc(NC(=O)NC3CCCCC3)c2=O)c1. The van der Waals surface area contributed by atoms with Gasteiger partial charge in [0.1, 0.15) is 11.4 Å². The van der Waals surface area contributed by atoms with Gasteiger partial charge >= 0.3 is 6.03 Å². The molecule has 144 valence electrons. The van der Waals surface area contributed by atoms with Crippen LogP contribution in [0.2, 0.25) is 0 Å². The van der Waals surface area contributed by atoms with E-state index in [0.717, 1.165) is 42.6 Å². The van der Waals surface area contributed by atoms with Crippen LogP contribution in [0, 0.1) is 6.92 Å². The van der Waals surface area contributed by atoms with E-state index < -0.39 is 0 Å². The van der Waals surface area contributed by atoms with E-state index in [1.807, 2.05) is 31.2 Å². The number of amides is 2. The first kappa shape index (κ1) is 19.0. The summed E-state index contributed by atoms with van der Waals surface area (Å²) in [7, 11) is 1.62. The lowest BCUT2D eigenvalue weighted by molar-refractivity contribution is 0.244. The summed E-state index contributed by atoms with van der Waals surface area (Å²) < 4.78 is 6.85. The Morgan fingerprint density at radius 1 is 1.22 bits per heavy atom. The molecule has 1 aromatic carbocycles. The van der Waals surface area contributed by atoms with Gasteiger partial charge < -0.3 is 19.9 Å². The molecular weight excluding hydrogens is 342 g/mol. The first-order valence-corrected chi connectivity index (χ1v) is 9.46. The van der Waals surface area contributed by atoms with Gasteiger partial charge in [-0.05, 0) is 49.1 Å². The van der Waals surface area contributed by atoms with Crippen LogP contribution in [0.15, 0.2) is 41.3 Å². The van der Waals surface area contributed by atoms with Gasteiger partial charge in [0.05, 0.1) is 13.7 Å². The van der Waals surface area contributed by atoms with E-state index in [1.54, 1.807) is 23.9 Å². The van der Waals surface area contributed by atoms with Crippen molar-refractivity contribution < 1.29 is 9.53 Å². The van der Waals surface area contributed by atoms with Crippen LogP contribution in [-0.2, 0) is 6.54 Å². The van der Waals surface area contributed by atoms with Crippen molar-refractivity contribution in [1.29, 1.82) is 0 Å². The standard InChI is InChI=1S/C21H27N3O3/c1-15-11-19(23-21(26)22-17-8-4-3-5-9-17)20(25)24(13-15)14-16-7-6-10-18(12-16)27-2/h6-7,10-13,17H,3-5,8-9,14H2,1-2H3,(H2,22,23,26). The van der Waals surface area contributed by atoms with Crippen LogP contribution in [0.1, 0.15) is 43.2 Å². The second kappa shape index (κ2) is 8.75. The maximum atomic E-state index is 12.8. The molecule has 0 atom stereocenters. The monoisotopic (exact) mass is 369 g/mol. The Bertz CT molecular complexity index is 854. The van der Waals surface area contributed by atoms with Crippen LogP contribution in [0.4, 0.5) is 10.5 Å². The summed E-state index contributed by atoms with van der Waals surface area (Å²) in [5, 5.41) is 5.72. The van der Waals surface area contributed by atoms with E-state index in [2.05, 4.69) is 10.6 Å². The highest BCUT2D eigenvalue weighted by molar-refractivity contribution is 5.89. The summed E-state index contributed by atoms with van der Waals surface area (Å²) >= 11 is 0. The van der Waals surface area contributed by atoms with Gasteiger partial charge in [-0.15, -0.1) is 0 Å². The van der Waals surface area contributed by atoms with Crippen molar-refractivity contribution in [3.63, 3.8) is 0 Å². The number of carbonyl (C=O) groups excluding carboxylic acids is 1. The summed E-state index contributed by atoms with van der Waals surface area (Å²) in [4.78, 5) is 25.1. The summed E-state index contributed by atoms with van der Waals surface area (Å²) in [6.07, 6.45) is 7.31. The van der Waals surface area contributed by atoms with Crippen LogP contribution >= 0.6 is 0 Å². The zero-order valence-corrected chi connectivity index (χ0v) is 16.0. The van der Waals surface area contributed by atoms with Crippen molar-refractivity contribution in [1.82, 2.24) is 9.88 Å². The second-order valence-corrected chi connectivity index (χ2v) is 7.15. The molecule has 1 fully saturated rings. The number of nitrogens with one attached hydrogen (secondary N) is 2. The lowest BCUT2D eigenvalue weighted by Crippen LogP contribution is -2.40. The largest absolute Gasteiger partial charge is 0.497 e. The smallest absolute Gasteiger partial charge is 0.319 e. The van der Waals surface area contributed by atoms with Gasteiger partial charge in [-0.1, -0.05) is 31.4 Å². The minimum atomic E-state index is -0.308. The molecule has 2 amide bonds. The van der Waals surface area contributed by atoms with Crippen LogP contribution in [0.3, 0.4) is 0 Å². The van der Waals surface area contributed by atoms with Gasteiger partial charge in [0.2, 0.25) is 0 Å². The Hall–Kier alpha value is -2.76. The normalized spacial score (nSPS) is 14.6. The maximum absolute atomic E-state index is 12.8. The Kier molecular flexibility index (Phi) is 6.16. The molecule has 27 heavy (non-hydrogen) atoms. The number of hydrogen-bond donors (Lipinski definition) is 2. The first-order valence-electron chi connectivity index (χ1n) is 9.46. The number of ether oxygens (including phenoxy) is 1. The van der Waals surface area contributed by atoms with E-state index in [4.69, 9.17) is 4.74 Å². The zero-order valence-electron chi connectivity index (χ0n) is 16.0. The van der Waals surface area contributed by atoms with Gasteiger partial charge in [-0.25, -0.2) is 4.79 Å².